The standard InChI is InChI=1S/C22H35ClFN3O5/c1-2-13-10-17(27-32-13)20(30)26-21-5-7-22(8-6-21,18(28)11-21)25-19(29)12-31-14-3-4-15(23)16(24)9-14/h13-18,27-28H,2-12H2,1H3,(H,25,29)(H,26,30). The van der Waals surface area contributed by atoms with Crippen LogP contribution in [0, 0.1) is 0 Å². The highest BCUT2D eigenvalue weighted by molar-refractivity contribution is 6.21. The highest BCUT2D eigenvalue weighted by atomic mass is 35.5. The Morgan fingerprint density at radius 1 is 1.22 bits per heavy atom. The molecular formula is C22H35ClFN3O5. The van der Waals surface area contributed by atoms with Gasteiger partial charge >= 0.3 is 0 Å². The summed E-state index contributed by atoms with van der Waals surface area (Å²) in [7, 11) is 0. The lowest BCUT2D eigenvalue weighted by Crippen LogP contribution is -2.71. The molecule has 0 aromatic carbocycles. The molecular weight excluding hydrogens is 441 g/mol. The second-order valence-corrected chi connectivity index (χ2v) is 10.6. The Kier molecular flexibility index (Phi) is 7.32. The summed E-state index contributed by atoms with van der Waals surface area (Å²) >= 11 is 5.90. The van der Waals surface area contributed by atoms with Gasteiger partial charge in [-0.2, -0.15) is 5.48 Å². The maximum absolute atomic E-state index is 13.8. The van der Waals surface area contributed by atoms with E-state index in [1.54, 1.807) is 0 Å². The fourth-order valence-electron chi connectivity index (χ4n) is 5.66. The topological polar surface area (TPSA) is 109 Å². The zero-order valence-corrected chi connectivity index (χ0v) is 19.3. The highest BCUT2D eigenvalue weighted by Crippen LogP contribution is 2.47. The molecule has 0 spiro atoms. The van der Waals surface area contributed by atoms with Crippen molar-refractivity contribution in [1.82, 2.24) is 16.1 Å². The van der Waals surface area contributed by atoms with Crippen molar-refractivity contribution in [2.75, 3.05) is 6.61 Å². The van der Waals surface area contributed by atoms with Crippen molar-refractivity contribution in [1.29, 1.82) is 0 Å². The maximum atomic E-state index is 13.8. The number of rotatable bonds is 7. The SMILES string of the molecule is CCC1CC(C(=O)NC23CCC(NC(=O)COC4CCC(Cl)C(F)C4)(CC2)C(O)C3)NO1. The summed E-state index contributed by atoms with van der Waals surface area (Å²) in [6.07, 6.45) is 3.64. The third-order valence-corrected chi connectivity index (χ3v) is 8.33. The minimum Gasteiger partial charge on any atom is -0.391 e. The molecule has 5 aliphatic rings. The molecule has 182 valence electrons. The molecule has 4 aliphatic carbocycles. The number of hydrogen-bond donors (Lipinski definition) is 4. The molecule has 0 aromatic heterocycles. The number of carbonyl (C=O) groups excluding carboxylic acids is 2. The molecule has 1 saturated heterocycles. The summed E-state index contributed by atoms with van der Waals surface area (Å²) in [5, 5.41) is 16.6. The van der Waals surface area contributed by atoms with Crippen LogP contribution in [0.4, 0.5) is 4.39 Å². The highest BCUT2D eigenvalue weighted by Gasteiger charge is 2.55. The summed E-state index contributed by atoms with van der Waals surface area (Å²) in [6, 6.07) is -0.380. The zero-order chi connectivity index (χ0) is 22.9. The van der Waals surface area contributed by atoms with E-state index < -0.39 is 28.7 Å². The number of hydrogen-bond acceptors (Lipinski definition) is 6. The number of fused-ring (bicyclic) bond motifs is 3. The number of aliphatic hydroxyl groups excluding tert-OH is 1. The third-order valence-electron chi connectivity index (χ3n) is 7.84. The summed E-state index contributed by atoms with van der Waals surface area (Å²) in [5.41, 5.74) is 1.66. The summed E-state index contributed by atoms with van der Waals surface area (Å²) in [6.45, 7) is 1.86. The van der Waals surface area contributed by atoms with Crippen LogP contribution < -0.4 is 16.1 Å². The van der Waals surface area contributed by atoms with Crippen LogP contribution in [-0.4, -0.2) is 70.5 Å². The average molecular weight is 476 g/mol. The van der Waals surface area contributed by atoms with Crippen molar-refractivity contribution in [3.05, 3.63) is 0 Å². The van der Waals surface area contributed by atoms with E-state index in [1.165, 1.54) is 0 Å². The normalized spacial score (nSPS) is 43.8. The van der Waals surface area contributed by atoms with E-state index in [4.69, 9.17) is 21.2 Å². The largest absolute Gasteiger partial charge is 0.391 e. The van der Waals surface area contributed by atoms with E-state index in [-0.39, 0.29) is 43.1 Å². The molecule has 5 fully saturated rings. The van der Waals surface area contributed by atoms with Gasteiger partial charge in [-0.3, -0.25) is 14.4 Å². The predicted molar refractivity (Wildman–Crippen MR) is 116 cm³/mol. The molecule has 0 aromatic rings. The molecule has 1 heterocycles. The Bertz CT molecular complexity index is 705. The third kappa shape index (κ3) is 5.06. The number of nitrogens with one attached hydrogen (secondary N) is 3. The van der Waals surface area contributed by atoms with Crippen LogP contribution in [0.1, 0.15) is 71.1 Å². The fourth-order valence-corrected chi connectivity index (χ4v) is 5.89. The van der Waals surface area contributed by atoms with E-state index in [2.05, 4.69) is 16.1 Å². The molecule has 1 aliphatic heterocycles. The van der Waals surface area contributed by atoms with Gasteiger partial charge in [-0.25, -0.2) is 4.39 Å². The van der Waals surface area contributed by atoms with Crippen molar-refractivity contribution < 1.29 is 28.7 Å². The lowest BCUT2D eigenvalue weighted by atomic mass is 9.59. The first-order valence-electron chi connectivity index (χ1n) is 11.9. The van der Waals surface area contributed by atoms with Gasteiger partial charge in [-0.15, -0.1) is 11.6 Å². The van der Waals surface area contributed by atoms with Crippen LogP contribution in [0.25, 0.3) is 0 Å². The molecule has 8 nitrogen and oxygen atoms in total. The van der Waals surface area contributed by atoms with E-state index >= 15 is 0 Å². The van der Waals surface area contributed by atoms with Crippen LogP contribution in [0.5, 0.6) is 0 Å². The van der Waals surface area contributed by atoms with Gasteiger partial charge in [0, 0.05) is 18.4 Å². The molecule has 0 radical (unpaired) electrons. The monoisotopic (exact) mass is 475 g/mol. The van der Waals surface area contributed by atoms with Crippen molar-refractivity contribution in [2.24, 2.45) is 0 Å². The molecule has 32 heavy (non-hydrogen) atoms. The van der Waals surface area contributed by atoms with Gasteiger partial charge in [0.25, 0.3) is 0 Å². The smallest absolute Gasteiger partial charge is 0.246 e. The second-order valence-electron chi connectivity index (χ2n) is 10.0. The average Bonchev–Trinajstić information content (AvgIpc) is 3.25. The molecule has 4 saturated carbocycles. The van der Waals surface area contributed by atoms with Crippen molar-refractivity contribution in [2.45, 2.75) is 118 Å². The number of carbonyl (C=O) groups is 2. The Hall–Kier alpha value is -1.00. The van der Waals surface area contributed by atoms with Gasteiger partial charge in [0.2, 0.25) is 11.8 Å². The number of halogens is 2. The van der Waals surface area contributed by atoms with Crippen LogP contribution in [0.2, 0.25) is 0 Å². The fraction of sp³-hybridized carbons (Fsp3) is 0.909. The van der Waals surface area contributed by atoms with E-state index in [0.29, 0.717) is 51.4 Å². The number of ether oxygens (including phenoxy) is 1. The lowest BCUT2D eigenvalue weighted by Gasteiger charge is -2.56. The number of aliphatic hydroxyl groups is 1. The van der Waals surface area contributed by atoms with Crippen LogP contribution in [0.15, 0.2) is 0 Å². The molecule has 5 rings (SSSR count). The predicted octanol–water partition coefficient (Wildman–Crippen LogP) is 1.62. The maximum Gasteiger partial charge on any atom is 0.246 e. The van der Waals surface area contributed by atoms with Gasteiger partial charge in [-0.1, -0.05) is 6.92 Å². The molecule has 2 bridgehead atoms. The van der Waals surface area contributed by atoms with Crippen LogP contribution in [0.3, 0.4) is 0 Å². The summed E-state index contributed by atoms with van der Waals surface area (Å²) < 4.78 is 19.4. The molecule has 10 heteroatoms. The summed E-state index contributed by atoms with van der Waals surface area (Å²) in [5.74, 6) is -0.401. The van der Waals surface area contributed by atoms with Crippen LogP contribution >= 0.6 is 11.6 Å². The Morgan fingerprint density at radius 3 is 2.59 bits per heavy atom. The first-order valence-corrected chi connectivity index (χ1v) is 12.3. The van der Waals surface area contributed by atoms with Crippen molar-refractivity contribution in [3.63, 3.8) is 0 Å². The lowest BCUT2D eigenvalue weighted by molar-refractivity contribution is -0.140. The van der Waals surface area contributed by atoms with Crippen molar-refractivity contribution >= 4 is 23.4 Å². The van der Waals surface area contributed by atoms with Gasteiger partial charge < -0.3 is 20.5 Å². The Morgan fingerprint density at radius 2 is 1.97 bits per heavy atom. The van der Waals surface area contributed by atoms with E-state index in [0.717, 1.165) is 6.42 Å². The molecule has 4 N–H and O–H groups in total. The Labute approximate surface area is 193 Å². The van der Waals surface area contributed by atoms with E-state index in [9.17, 15) is 19.1 Å². The van der Waals surface area contributed by atoms with Gasteiger partial charge in [-0.05, 0) is 51.4 Å². The van der Waals surface area contributed by atoms with Crippen LogP contribution in [-0.2, 0) is 19.2 Å². The number of amides is 2. The number of hydroxylamine groups is 1. The molecule has 6 unspecified atom stereocenters. The minimum atomic E-state index is -1.11. The van der Waals surface area contributed by atoms with Crippen molar-refractivity contribution in [3.8, 4) is 0 Å². The molecule has 2 amide bonds. The van der Waals surface area contributed by atoms with Gasteiger partial charge in [0.05, 0.1) is 29.2 Å². The second kappa shape index (κ2) is 9.70. The summed E-state index contributed by atoms with van der Waals surface area (Å²) in [4.78, 5) is 30.7. The number of alkyl halides is 2. The molecule has 6 atom stereocenters. The van der Waals surface area contributed by atoms with Gasteiger partial charge in [0.15, 0.2) is 0 Å². The first-order chi connectivity index (χ1) is 15.2. The zero-order valence-electron chi connectivity index (χ0n) is 18.6. The Balaban J connectivity index is 1.26. The quantitative estimate of drug-likeness (QED) is 0.417. The minimum absolute atomic E-state index is 0.0393. The van der Waals surface area contributed by atoms with E-state index in [1.807, 2.05) is 6.92 Å². The first kappa shape index (κ1) is 24.1. The van der Waals surface area contributed by atoms with Gasteiger partial charge in [0.1, 0.15) is 18.8 Å².